The van der Waals surface area contributed by atoms with Crippen LogP contribution >= 0.6 is 27.5 Å². The molecule has 0 aliphatic carbocycles. The van der Waals surface area contributed by atoms with Gasteiger partial charge in [-0.3, -0.25) is 4.79 Å². The molecule has 162 valence electrons. The van der Waals surface area contributed by atoms with Crippen LogP contribution < -0.4 is 14.8 Å². The first-order chi connectivity index (χ1) is 15.4. The Bertz CT molecular complexity index is 1190. The summed E-state index contributed by atoms with van der Waals surface area (Å²) in [5, 5.41) is 12.7. The number of benzene rings is 3. The average Bonchev–Trinajstić information content (AvgIpc) is 2.79. The maximum absolute atomic E-state index is 13.1. The molecule has 3 aromatic rings. The number of nitriles is 1. The van der Waals surface area contributed by atoms with Gasteiger partial charge in [-0.05, 0) is 81.7 Å². The molecule has 0 aromatic heterocycles. The van der Waals surface area contributed by atoms with Gasteiger partial charge in [0.05, 0.1) is 11.6 Å². The third kappa shape index (κ3) is 6.10. The zero-order valence-corrected chi connectivity index (χ0v) is 19.2. The van der Waals surface area contributed by atoms with Crippen molar-refractivity contribution in [1.29, 1.82) is 5.26 Å². The Hall–Kier alpha value is -3.34. The highest BCUT2D eigenvalue weighted by Crippen LogP contribution is 2.37. The maximum Gasteiger partial charge on any atom is 0.266 e. The molecule has 0 fully saturated rings. The molecule has 0 heterocycles. The molecule has 0 saturated carbocycles. The Morgan fingerprint density at radius 1 is 1.19 bits per heavy atom. The summed E-state index contributed by atoms with van der Waals surface area (Å²) in [5.74, 6) is -0.0279. The molecule has 0 aliphatic heterocycles. The van der Waals surface area contributed by atoms with Crippen LogP contribution in [0, 0.1) is 17.1 Å². The normalized spacial score (nSPS) is 10.9. The minimum Gasteiger partial charge on any atom is -0.493 e. The van der Waals surface area contributed by atoms with Crippen molar-refractivity contribution in [1.82, 2.24) is 0 Å². The molecule has 0 aliphatic rings. The van der Waals surface area contributed by atoms with E-state index in [1.807, 2.05) is 6.07 Å². The van der Waals surface area contributed by atoms with Crippen LogP contribution in [-0.2, 0) is 11.4 Å². The van der Waals surface area contributed by atoms with Gasteiger partial charge in [0.15, 0.2) is 11.5 Å². The van der Waals surface area contributed by atoms with E-state index in [9.17, 15) is 14.4 Å². The zero-order chi connectivity index (χ0) is 23.1. The highest BCUT2D eigenvalue weighted by molar-refractivity contribution is 9.10. The second-order valence-electron chi connectivity index (χ2n) is 6.58. The van der Waals surface area contributed by atoms with Crippen LogP contribution in [-0.4, -0.2) is 13.0 Å². The number of carbonyl (C=O) groups is 1. The molecule has 0 spiro atoms. The van der Waals surface area contributed by atoms with E-state index in [4.69, 9.17) is 21.1 Å². The van der Waals surface area contributed by atoms with Gasteiger partial charge in [-0.15, -0.1) is 0 Å². The van der Waals surface area contributed by atoms with E-state index in [1.165, 1.54) is 25.3 Å². The van der Waals surface area contributed by atoms with Crippen molar-refractivity contribution in [2.45, 2.75) is 6.61 Å². The van der Waals surface area contributed by atoms with Gasteiger partial charge >= 0.3 is 0 Å². The number of amides is 1. The number of ether oxygens (including phenoxy) is 2. The van der Waals surface area contributed by atoms with Gasteiger partial charge in [0.1, 0.15) is 24.1 Å². The van der Waals surface area contributed by atoms with Crippen LogP contribution in [0.1, 0.15) is 11.1 Å². The number of rotatable bonds is 7. The van der Waals surface area contributed by atoms with Crippen molar-refractivity contribution in [2.75, 3.05) is 12.4 Å². The van der Waals surface area contributed by atoms with Crippen molar-refractivity contribution >= 4 is 45.2 Å². The van der Waals surface area contributed by atoms with Gasteiger partial charge in [0, 0.05) is 10.7 Å². The highest BCUT2D eigenvalue weighted by atomic mass is 79.9. The summed E-state index contributed by atoms with van der Waals surface area (Å²) in [6.45, 7) is 0.206. The first-order valence-electron chi connectivity index (χ1n) is 9.33. The van der Waals surface area contributed by atoms with Gasteiger partial charge in [0.25, 0.3) is 5.91 Å². The van der Waals surface area contributed by atoms with Crippen LogP contribution in [0.2, 0.25) is 5.02 Å². The summed E-state index contributed by atoms with van der Waals surface area (Å²) in [6, 6.07) is 17.8. The summed E-state index contributed by atoms with van der Waals surface area (Å²) in [4.78, 5) is 12.5. The fraction of sp³-hybridized carbons (Fsp3) is 0.0833. The van der Waals surface area contributed by atoms with E-state index < -0.39 is 5.91 Å². The zero-order valence-electron chi connectivity index (χ0n) is 16.9. The third-order valence-corrected chi connectivity index (χ3v) is 5.17. The molecule has 0 saturated heterocycles. The van der Waals surface area contributed by atoms with Gasteiger partial charge in [-0.25, -0.2) is 4.39 Å². The first-order valence-corrected chi connectivity index (χ1v) is 10.5. The minimum absolute atomic E-state index is 0.0890. The average molecular weight is 516 g/mol. The lowest BCUT2D eigenvalue weighted by atomic mass is 10.1. The lowest BCUT2D eigenvalue weighted by Crippen LogP contribution is -2.13. The fourth-order valence-electron chi connectivity index (χ4n) is 2.75. The van der Waals surface area contributed by atoms with E-state index >= 15 is 0 Å². The quantitative estimate of drug-likeness (QED) is 0.293. The first kappa shape index (κ1) is 23.3. The van der Waals surface area contributed by atoms with Gasteiger partial charge in [-0.1, -0.05) is 23.7 Å². The topological polar surface area (TPSA) is 71.3 Å². The summed E-state index contributed by atoms with van der Waals surface area (Å²) in [7, 11) is 1.48. The minimum atomic E-state index is -0.554. The monoisotopic (exact) mass is 514 g/mol. The van der Waals surface area contributed by atoms with E-state index in [0.717, 1.165) is 5.56 Å². The number of carbonyl (C=O) groups excluding carboxylic acids is 1. The molecule has 0 radical (unpaired) electrons. The van der Waals surface area contributed by atoms with E-state index in [1.54, 1.807) is 48.5 Å². The second-order valence-corrected chi connectivity index (χ2v) is 7.87. The molecule has 32 heavy (non-hydrogen) atoms. The number of anilines is 1. The van der Waals surface area contributed by atoms with Crippen molar-refractivity contribution in [2.24, 2.45) is 0 Å². The van der Waals surface area contributed by atoms with Crippen molar-refractivity contribution in [3.63, 3.8) is 0 Å². The van der Waals surface area contributed by atoms with Gasteiger partial charge in [0.2, 0.25) is 0 Å². The SMILES string of the molecule is COc1cc(/C=C(/C#N)C(=O)Nc2ccc(Cl)cc2)cc(Br)c1OCc1ccc(F)cc1. The molecule has 0 bridgehead atoms. The van der Waals surface area contributed by atoms with Crippen LogP contribution in [0.3, 0.4) is 0 Å². The number of nitrogens with zero attached hydrogens (tertiary/aromatic N) is 1. The van der Waals surface area contributed by atoms with E-state index in [2.05, 4.69) is 21.2 Å². The predicted octanol–water partition coefficient (Wildman–Crippen LogP) is 6.37. The van der Waals surface area contributed by atoms with Crippen LogP contribution in [0.25, 0.3) is 6.08 Å². The smallest absolute Gasteiger partial charge is 0.266 e. The molecule has 5 nitrogen and oxygen atoms in total. The van der Waals surface area contributed by atoms with Gasteiger partial charge < -0.3 is 14.8 Å². The number of halogens is 3. The summed E-state index contributed by atoms with van der Waals surface area (Å²) < 4.78 is 24.9. The number of methoxy groups -OCH3 is 1. The third-order valence-electron chi connectivity index (χ3n) is 4.33. The van der Waals surface area contributed by atoms with Crippen molar-refractivity contribution in [3.8, 4) is 17.6 Å². The van der Waals surface area contributed by atoms with Crippen molar-refractivity contribution in [3.05, 3.63) is 92.7 Å². The van der Waals surface area contributed by atoms with E-state index in [-0.39, 0.29) is 18.0 Å². The molecule has 3 aromatic carbocycles. The maximum atomic E-state index is 13.1. The fourth-order valence-corrected chi connectivity index (χ4v) is 3.45. The Labute approximate surface area is 198 Å². The Morgan fingerprint density at radius 2 is 1.88 bits per heavy atom. The molecule has 3 rings (SSSR count). The largest absolute Gasteiger partial charge is 0.493 e. The van der Waals surface area contributed by atoms with Crippen LogP contribution in [0.15, 0.2) is 70.7 Å². The Balaban J connectivity index is 1.80. The highest BCUT2D eigenvalue weighted by Gasteiger charge is 2.14. The van der Waals surface area contributed by atoms with Crippen LogP contribution in [0.4, 0.5) is 10.1 Å². The molecular formula is C24H17BrClFN2O3. The molecule has 0 unspecified atom stereocenters. The standard InChI is InChI=1S/C24H17BrClFN2O3/c1-31-22-12-16(10-17(13-28)24(30)29-20-8-4-18(26)5-9-20)11-21(25)23(22)32-14-15-2-6-19(27)7-3-15/h2-12H,14H2,1H3,(H,29,30)/b17-10-. The Morgan fingerprint density at radius 3 is 2.50 bits per heavy atom. The molecule has 8 heteroatoms. The molecular weight excluding hydrogens is 499 g/mol. The number of hydrogen-bond donors (Lipinski definition) is 1. The molecule has 1 N–H and O–H groups in total. The van der Waals surface area contributed by atoms with E-state index in [0.29, 0.717) is 32.2 Å². The summed E-state index contributed by atoms with van der Waals surface area (Å²) in [6.07, 6.45) is 1.45. The lowest BCUT2D eigenvalue weighted by molar-refractivity contribution is -0.112. The summed E-state index contributed by atoms with van der Waals surface area (Å²) in [5.41, 5.74) is 1.78. The lowest BCUT2D eigenvalue weighted by Gasteiger charge is -2.14. The predicted molar refractivity (Wildman–Crippen MR) is 125 cm³/mol. The molecule has 0 atom stereocenters. The number of hydrogen-bond acceptors (Lipinski definition) is 4. The summed E-state index contributed by atoms with van der Waals surface area (Å²) >= 11 is 9.29. The van der Waals surface area contributed by atoms with Gasteiger partial charge in [-0.2, -0.15) is 5.26 Å². The van der Waals surface area contributed by atoms with Crippen LogP contribution in [0.5, 0.6) is 11.5 Å². The Kier molecular flexibility index (Phi) is 7.87. The number of nitrogens with one attached hydrogen (secondary N) is 1. The van der Waals surface area contributed by atoms with Crippen molar-refractivity contribution < 1.29 is 18.7 Å². The second kappa shape index (κ2) is 10.8. The molecule has 1 amide bonds.